The third-order valence-corrected chi connectivity index (χ3v) is 6.61. The zero-order chi connectivity index (χ0) is 20.5. The molecule has 0 unspecified atom stereocenters. The Morgan fingerprint density at radius 3 is 2.21 bits per heavy atom. The van der Waals surface area contributed by atoms with Gasteiger partial charge in [-0.1, -0.05) is 11.6 Å². The smallest absolute Gasteiger partial charge is 0.335 e. The molecule has 1 heterocycles. The van der Waals surface area contributed by atoms with Crippen molar-refractivity contribution in [3.05, 3.63) is 63.2 Å². The van der Waals surface area contributed by atoms with Crippen molar-refractivity contribution < 1.29 is 23.2 Å². The lowest BCUT2D eigenvalue weighted by Crippen LogP contribution is -2.48. The number of carbonyl (C=O) groups is 1. The van der Waals surface area contributed by atoms with Crippen LogP contribution in [0.25, 0.3) is 0 Å². The van der Waals surface area contributed by atoms with Crippen LogP contribution in [0.15, 0.2) is 47.4 Å². The van der Waals surface area contributed by atoms with Crippen LogP contribution in [0.4, 0.5) is 11.4 Å². The highest BCUT2D eigenvalue weighted by Crippen LogP contribution is 2.31. The molecule has 1 saturated heterocycles. The Labute approximate surface area is 165 Å². The normalized spacial score (nSPS) is 15.4. The zero-order valence-electron chi connectivity index (χ0n) is 14.5. The molecule has 1 N–H and O–H groups in total. The van der Waals surface area contributed by atoms with Gasteiger partial charge in [0, 0.05) is 37.3 Å². The first-order valence-corrected chi connectivity index (χ1v) is 10.0. The van der Waals surface area contributed by atoms with Crippen molar-refractivity contribution in [2.24, 2.45) is 0 Å². The van der Waals surface area contributed by atoms with Gasteiger partial charge < -0.3 is 10.0 Å². The van der Waals surface area contributed by atoms with Gasteiger partial charge in [-0.15, -0.1) is 0 Å². The minimum absolute atomic E-state index is 0.127. The van der Waals surface area contributed by atoms with E-state index in [1.165, 1.54) is 40.7 Å². The van der Waals surface area contributed by atoms with E-state index in [0.29, 0.717) is 5.02 Å². The predicted molar refractivity (Wildman–Crippen MR) is 102 cm³/mol. The molecule has 28 heavy (non-hydrogen) atoms. The molecule has 2 aromatic rings. The summed E-state index contributed by atoms with van der Waals surface area (Å²) in [4.78, 5) is 23.6. The van der Waals surface area contributed by atoms with Crippen LogP contribution in [0.3, 0.4) is 0 Å². The Bertz CT molecular complexity index is 1020. The Balaban J connectivity index is 1.79. The van der Waals surface area contributed by atoms with Crippen molar-refractivity contribution in [3.63, 3.8) is 0 Å². The van der Waals surface area contributed by atoms with Crippen molar-refractivity contribution in [2.45, 2.75) is 4.90 Å². The van der Waals surface area contributed by atoms with Crippen molar-refractivity contribution in [3.8, 4) is 0 Å². The average Bonchev–Trinajstić information content (AvgIpc) is 2.68. The van der Waals surface area contributed by atoms with Gasteiger partial charge in [-0.05, 0) is 36.4 Å². The van der Waals surface area contributed by atoms with Crippen LogP contribution in [0.2, 0.25) is 5.02 Å². The van der Waals surface area contributed by atoms with Gasteiger partial charge in [0.15, 0.2) is 0 Å². The van der Waals surface area contributed by atoms with E-state index in [1.54, 1.807) is 4.90 Å². The zero-order valence-corrected chi connectivity index (χ0v) is 16.1. The lowest BCUT2D eigenvalue weighted by molar-refractivity contribution is -0.384. The van der Waals surface area contributed by atoms with E-state index in [4.69, 9.17) is 16.7 Å². The highest BCUT2D eigenvalue weighted by atomic mass is 35.5. The second kappa shape index (κ2) is 7.74. The van der Waals surface area contributed by atoms with Crippen LogP contribution in [-0.2, 0) is 10.0 Å². The summed E-state index contributed by atoms with van der Waals surface area (Å²) in [5.41, 5.74) is -0.244. The number of nitrogens with zero attached hydrogens (tertiary/aromatic N) is 3. The molecule has 0 atom stereocenters. The van der Waals surface area contributed by atoms with E-state index in [-0.39, 0.29) is 48.0 Å². The van der Waals surface area contributed by atoms with E-state index in [0.717, 1.165) is 6.07 Å². The van der Waals surface area contributed by atoms with Crippen LogP contribution >= 0.6 is 11.6 Å². The molecule has 11 heteroatoms. The number of benzene rings is 2. The summed E-state index contributed by atoms with van der Waals surface area (Å²) in [5, 5.41) is 20.8. The number of hydrogen-bond donors (Lipinski definition) is 1. The van der Waals surface area contributed by atoms with Crippen molar-refractivity contribution >= 4 is 39.0 Å². The third-order valence-electron chi connectivity index (χ3n) is 4.45. The Kier molecular flexibility index (Phi) is 5.54. The van der Waals surface area contributed by atoms with Crippen molar-refractivity contribution in [2.75, 3.05) is 31.1 Å². The SMILES string of the molecule is O=C(O)c1ccc(N2CCN(S(=O)(=O)c3ccc(Cl)cc3)CC2)c([N+](=O)[O-])c1. The molecule has 9 nitrogen and oxygen atoms in total. The van der Waals surface area contributed by atoms with Gasteiger partial charge in [0.25, 0.3) is 5.69 Å². The van der Waals surface area contributed by atoms with Gasteiger partial charge in [0.05, 0.1) is 15.4 Å². The van der Waals surface area contributed by atoms with Crippen LogP contribution in [0.1, 0.15) is 10.4 Å². The molecule has 148 valence electrons. The number of nitro groups is 1. The summed E-state index contributed by atoms with van der Waals surface area (Å²) in [6.07, 6.45) is 0. The number of nitro benzene ring substituents is 1. The number of carboxylic acids is 1. The van der Waals surface area contributed by atoms with Gasteiger partial charge in [0.2, 0.25) is 10.0 Å². The summed E-state index contributed by atoms with van der Waals surface area (Å²) < 4.78 is 26.8. The van der Waals surface area contributed by atoms with Crippen molar-refractivity contribution in [1.82, 2.24) is 4.31 Å². The first-order valence-electron chi connectivity index (χ1n) is 8.22. The molecule has 0 radical (unpaired) electrons. The summed E-state index contributed by atoms with van der Waals surface area (Å²) in [7, 11) is -3.69. The van der Waals surface area contributed by atoms with Crippen LogP contribution in [-0.4, -0.2) is 54.9 Å². The fourth-order valence-electron chi connectivity index (χ4n) is 3.00. The number of hydrogen-bond acceptors (Lipinski definition) is 6. The molecule has 1 aliphatic heterocycles. The number of sulfonamides is 1. The largest absolute Gasteiger partial charge is 0.478 e. The molecule has 0 aliphatic carbocycles. The number of anilines is 1. The minimum atomic E-state index is -3.69. The minimum Gasteiger partial charge on any atom is -0.478 e. The third kappa shape index (κ3) is 3.93. The maximum atomic E-state index is 12.7. The fourth-order valence-corrected chi connectivity index (χ4v) is 4.54. The summed E-state index contributed by atoms with van der Waals surface area (Å²) >= 11 is 5.80. The first kappa shape index (κ1) is 20.1. The maximum Gasteiger partial charge on any atom is 0.335 e. The molecule has 2 aromatic carbocycles. The van der Waals surface area contributed by atoms with Gasteiger partial charge in [-0.3, -0.25) is 10.1 Å². The number of aromatic carboxylic acids is 1. The molecule has 3 rings (SSSR count). The molecular formula is C17H16ClN3O6S. The highest BCUT2D eigenvalue weighted by Gasteiger charge is 2.31. The standard InChI is InChI=1S/C17H16ClN3O6S/c18-13-2-4-14(5-3-13)28(26,27)20-9-7-19(8-10-20)15-6-1-12(17(22)23)11-16(15)21(24)25/h1-6,11H,7-10H2,(H,22,23). The molecule has 0 spiro atoms. The van der Waals surface area contributed by atoms with Gasteiger partial charge >= 0.3 is 5.97 Å². The second-order valence-corrected chi connectivity index (χ2v) is 8.49. The van der Waals surface area contributed by atoms with E-state index in [1.807, 2.05) is 0 Å². The van der Waals surface area contributed by atoms with E-state index >= 15 is 0 Å². The molecule has 0 saturated carbocycles. The van der Waals surface area contributed by atoms with Gasteiger partial charge in [-0.2, -0.15) is 4.31 Å². The Morgan fingerprint density at radius 1 is 1.07 bits per heavy atom. The quantitative estimate of drug-likeness (QED) is 0.576. The van der Waals surface area contributed by atoms with Crippen molar-refractivity contribution in [1.29, 1.82) is 0 Å². The number of rotatable bonds is 5. The van der Waals surface area contributed by atoms with E-state index < -0.39 is 20.9 Å². The molecule has 1 aliphatic rings. The monoisotopic (exact) mass is 425 g/mol. The van der Waals surface area contributed by atoms with Gasteiger partial charge in [-0.25, -0.2) is 13.2 Å². The molecule has 0 amide bonds. The van der Waals surface area contributed by atoms with Gasteiger partial charge in [0.1, 0.15) is 5.69 Å². The van der Waals surface area contributed by atoms with E-state index in [9.17, 15) is 23.3 Å². The lowest BCUT2D eigenvalue weighted by atomic mass is 10.1. The Hall–Kier alpha value is -2.69. The lowest BCUT2D eigenvalue weighted by Gasteiger charge is -2.35. The first-order chi connectivity index (χ1) is 13.2. The van der Waals surface area contributed by atoms with Crippen LogP contribution in [0, 0.1) is 10.1 Å². The predicted octanol–water partition coefficient (Wildman–Crippen LogP) is 2.46. The Morgan fingerprint density at radius 2 is 1.68 bits per heavy atom. The summed E-state index contributed by atoms with van der Waals surface area (Å²) in [6, 6.07) is 9.54. The number of piperazine rings is 1. The summed E-state index contributed by atoms with van der Waals surface area (Å²) in [5.74, 6) is -1.26. The number of halogens is 1. The van der Waals surface area contributed by atoms with Crippen LogP contribution < -0.4 is 4.90 Å². The average molecular weight is 426 g/mol. The fraction of sp³-hybridized carbons (Fsp3) is 0.235. The molecule has 0 aromatic heterocycles. The molecular weight excluding hydrogens is 410 g/mol. The second-order valence-electron chi connectivity index (χ2n) is 6.11. The summed E-state index contributed by atoms with van der Waals surface area (Å²) in [6.45, 7) is 0.756. The van der Waals surface area contributed by atoms with E-state index in [2.05, 4.69) is 0 Å². The number of carboxylic acid groups (broad SMARTS) is 1. The van der Waals surface area contributed by atoms with Crippen LogP contribution in [0.5, 0.6) is 0 Å². The topological polar surface area (TPSA) is 121 Å². The highest BCUT2D eigenvalue weighted by molar-refractivity contribution is 7.89. The maximum absolute atomic E-state index is 12.7. The molecule has 1 fully saturated rings. The molecule has 0 bridgehead atoms.